The van der Waals surface area contributed by atoms with Crippen molar-refractivity contribution in [2.24, 2.45) is 5.16 Å². The Morgan fingerprint density at radius 3 is 2.71 bits per heavy atom. The molecular formula is C12H12FNO3. The first-order valence-electron chi connectivity index (χ1n) is 4.93. The minimum Gasteiger partial charge on any atom is -0.477 e. The third-order valence-electron chi connectivity index (χ3n) is 1.83. The van der Waals surface area contributed by atoms with Crippen LogP contribution in [0.25, 0.3) is 6.08 Å². The molecule has 0 unspecified atom stereocenters. The van der Waals surface area contributed by atoms with Gasteiger partial charge in [0.05, 0.1) is 0 Å². The highest BCUT2D eigenvalue weighted by Gasteiger charge is 2.08. The Morgan fingerprint density at radius 2 is 2.12 bits per heavy atom. The molecule has 1 N–H and O–H groups in total. The smallest absolute Gasteiger partial charge is 0.356 e. The zero-order chi connectivity index (χ0) is 12.5. The summed E-state index contributed by atoms with van der Waals surface area (Å²) in [6, 6.07) is 9.50. The first-order chi connectivity index (χ1) is 8.24. The van der Waals surface area contributed by atoms with Crippen molar-refractivity contribution >= 4 is 17.8 Å². The highest BCUT2D eigenvalue weighted by atomic mass is 19.1. The zero-order valence-corrected chi connectivity index (χ0v) is 9.04. The number of benzene rings is 1. The number of alkyl halides is 1. The third kappa shape index (κ3) is 4.92. The maximum Gasteiger partial charge on any atom is 0.356 e. The van der Waals surface area contributed by atoms with Gasteiger partial charge in [-0.15, -0.1) is 0 Å². The van der Waals surface area contributed by atoms with Crippen LogP contribution in [0.15, 0.2) is 41.6 Å². The molecule has 4 nitrogen and oxygen atoms in total. The Bertz CT molecular complexity index is 415. The van der Waals surface area contributed by atoms with Gasteiger partial charge in [-0.05, 0) is 11.6 Å². The lowest BCUT2D eigenvalue weighted by molar-refractivity contribution is -0.129. The van der Waals surface area contributed by atoms with E-state index in [0.29, 0.717) is 0 Å². The summed E-state index contributed by atoms with van der Waals surface area (Å²) in [6.45, 7) is -1.07. The van der Waals surface area contributed by atoms with E-state index in [0.717, 1.165) is 5.56 Å². The number of aliphatic carboxylic acids is 1. The van der Waals surface area contributed by atoms with E-state index >= 15 is 0 Å². The first-order valence-corrected chi connectivity index (χ1v) is 4.93. The Labute approximate surface area is 98.0 Å². The van der Waals surface area contributed by atoms with Gasteiger partial charge in [0.2, 0.25) is 0 Å². The molecule has 0 aliphatic carbocycles. The first kappa shape index (κ1) is 12.9. The molecule has 1 rings (SSSR count). The Balaban J connectivity index is 2.38. The summed E-state index contributed by atoms with van der Waals surface area (Å²) in [7, 11) is 0. The summed E-state index contributed by atoms with van der Waals surface area (Å²) in [5.74, 6) is -1.42. The molecule has 0 amide bonds. The number of carbonyl (C=O) groups is 1. The molecule has 5 heteroatoms. The van der Waals surface area contributed by atoms with Crippen LogP contribution in [0, 0.1) is 0 Å². The molecule has 0 saturated carbocycles. The summed E-state index contributed by atoms with van der Waals surface area (Å²) in [4.78, 5) is 15.0. The number of carboxylic acid groups (broad SMARTS) is 1. The van der Waals surface area contributed by atoms with Crippen LogP contribution in [-0.4, -0.2) is 30.1 Å². The van der Waals surface area contributed by atoms with Crippen molar-refractivity contribution in [3.05, 3.63) is 42.0 Å². The molecule has 0 aliphatic heterocycles. The number of oxime groups is 1. The molecule has 0 spiro atoms. The van der Waals surface area contributed by atoms with Crippen LogP contribution in [0.4, 0.5) is 4.39 Å². The number of nitrogens with zero attached hydrogens (tertiary/aromatic N) is 1. The minimum absolute atomic E-state index is 0.0890. The van der Waals surface area contributed by atoms with Crippen molar-refractivity contribution in [1.29, 1.82) is 0 Å². The number of carboxylic acids is 1. The fourth-order valence-electron chi connectivity index (χ4n) is 1.03. The van der Waals surface area contributed by atoms with Crippen molar-refractivity contribution in [3.8, 4) is 0 Å². The van der Waals surface area contributed by atoms with Crippen molar-refractivity contribution < 1.29 is 19.1 Å². The summed E-state index contributed by atoms with van der Waals surface area (Å²) in [5, 5.41) is 11.6. The van der Waals surface area contributed by atoms with Crippen LogP contribution in [0.1, 0.15) is 5.56 Å². The average Bonchev–Trinajstić information content (AvgIpc) is 2.34. The largest absolute Gasteiger partial charge is 0.477 e. The van der Waals surface area contributed by atoms with Gasteiger partial charge in [-0.1, -0.05) is 41.6 Å². The van der Waals surface area contributed by atoms with Gasteiger partial charge in [-0.3, -0.25) is 0 Å². The van der Waals surface area contributed by atoms with Gasteiger partial charge >= 0.3 is 5.97 Å². The van der Waals surface area contributed by atoms with Crippen LogP contribution in [0.3, 0.4) is 0 Å². The molecule has 0 heterocycles. The van der Waals surface area contributed by atoms with Crippen molar-refractivity contribution in [3.63, 3.8) is 0 Å². The molecule has 0 aliphatic rings. The van der Waals surface area contributed by atoms with Gasteiger partial charge < -0.3 is 9.94 Å². The normalized spacial score (nSPS) is 11.7. The van der Waals surface area contributed by atoms with Crippen molar-refractivity contribution in [2.45, 2.75) is 0 Å². The second kappa shape index (κ2) is 7.16. The second-order valence-electron chi connectivity index (χ2n) is 3.09. The molecule has 90 valence electrons. The summed E-state index contributed by atoms with van der Waals surface area (Å²) in [5.41, 5.74) is 0.349. The molecule has 0 atom stereocenters. The minimum atomic E-state index is -1.42. The molecule has 0 radical (unpaired) electrons. The van der Waals surface area contributed by atoms with E-state index in [9.17, 15) is 9.18 Å². The Kier molecular flexibility index (Phi) is 5.43. The summed E-state index contributed by atoms with van der Waals surface area (Å²) < 4.78 is 12.1. The lowest BCUT2D eigenvalue weighted by Gasteiger charge is -1.96. The van der Waals surface area contributed by atoms with Crippen LogP contribution >= 0.6 is 0 Å². The Hall–Kier alpha value is -2.17. The predicted octanol–water partition coefficient (Wildman–Crippen LogP) is 2.13. The standard InChI is InChI=1S/C12H12FNO3/c13-9-11(12(15)16)14-17-8-4-7-10-5-2-1-3-6-10/h1-7H,8-9H2,(H,15,16)/b7-4+,14-11-. The third-order valence-corrected chi connectivity index (χ3v) is 1.83. The SMILES string of the molecule is O=C(O)/C(CF)=N\OC/C=C/c1ccccc1. The van der Waals surface area contributed by atoms with Crippen LogP contribution in [-0.2, 0) is 9.63 Å². The monoisotopic (exact) mass is 237 g/mol. The van der Waals surface area contributed by atoms with Gasteiger partial charge in [0, 0.05) is 0 Å². The maximum atomic E-state index is 12.1. The van der Waals surface area contributed by atoms with Crippen molar-refractivity contribution in [1.82, 2.24) is 0 Å². The highest BCUT2D eigenvalue weighted by Crippen LogP contribution is 2.00. The van der Waals surface area contributed by atoms with Crippen LogP contribution in [0.2, 0.25) is 0 Å². The number of hydrogen-bond donors (Lipinski definition) is 1. The van der Waals surface area contributed by atoms with Crippen LogP contribution in [0.5, 0.6) is 0 Å². The highest BCUT2D eigenvalue weighted by molar-refractivity contribution is 6.36. The van der Waals surface area contributed by atoms with Crippen LogP contribution < -0.4 is 0 Å². The fraction of sp³-hybridized carbons (Fsp3) is 0.167. The van der Waals surface area contributed by atoms with E-state index in [1.54, 1.807) is 12.2 Å². The van der Waals surface area contributed by atoms with E-state index in [1.165, 1.54) is 0 Å². The van der Waals surface area contributed by atoms with E-state index in [1.807, 2.05) is 30.3 Å². The Morgan fingerprint density at radius 1 is 1.41 bits per heavy atom. The van der Waals surface area contributed by atoms with Gasteiger partial charge in [0.25, 0.3) is 0 Å². The van der Waals surface area contributed by atoms with E-state index in [-0.39, 0.29) is 6.61 Å². The van der Waals surface area contributed by atoms with E-state index < -0.39 is 18.4 Å². The quantitative estimate of drug-likeness (QED) is 0.468. The summed E-state index contributed by atoms with van der Waals surface area (Å²) in [6.07, 6.45) is 3.46. The van der Waals surface area contributed by atoms with Gasteiger partial charge in [-0.2, -0.15) is 0 Å². The van der Waals surface area contributed by atoms with E-state index in [4.69, 9.17) is 5.11 Å². The van der Waals surface area contributed by atoms with Gasteiger partial charge in [-0.25, -0.2) is 9.18 Å². The molecular weight excluding hydrogens is 225 g/mol. The molecule has 0 saturated heterocycles. The van der Waals surface area contributed by atoms with Gasteiger partial charge in [0.15, 0.2) is 5.71 Å². The second-order valence-corrected chi connectivity index (χ2v) is 3.09. The fourth-order valence-corrected chi connectivity index (χ4v) is 1.03. The molecule has 1 aromatic rings. The average molecular weight is 237 g/mol. The van der Waals surface area contributed by atoms with Crippen molar-refractivity contribution in [2.75, 3.05) is 13.3 Å². The predicted molar refractivity (Wildman–Crippen MR) is 62.5 cm³/mol. The topological polar surface area (TPSA) is 58.9 Å². The number of hydrogen-bond acceptors (Lipinski definition) is 3. The lowest BCUT2D eigenvalue weighted by Crippen LogP contribution is -2.15. The molecule has 0 aromatic heterocycles. The maximum absolute atomic E-state index is 12.1. The van der Waals surface area contributed by atoms with Gasteiger partial charge in [0.1, 0.15) is 13.3 Å². The number of rotatable bonds is 6. The number of halogens is 1. The lowest BCUT2D eigenvalue weighted by atomic mass is 10.2. The van der Waals surface area contributed by atoms with E-state index in [2.05, 4.69) is 9.99 Å². The molecule has 0 bridgehead atoms. The molecule has 1 aromatic carbocycles. The molecule has 17 heavy (non-hydrogen) atoms. The summed E-state index contributed by atoms with van der Waals surface area (Å²) >= 11 is 0. The molecule has 0 fully saturated rings. The zero-order valence-electron chi connectivity index (χ0n) is 9.04.